The van der Waals surface area contributed by atoms with Crippen molar-refractivity contribution in [2.45, 2.75) is 6.29 Å². The number of para-hydroxylation sites is 1. The number of rotatable bonds is 5. The molecule has 0 aliphatic carbocycles. The Morgan fingerprint density at radius 2 is 2.04 bits per heavy atom. The van der Waals surface area contributed by atoms with Crippen molar-refractivity contribution in [2.24, 2.45) is 0 Å². The maximum absolute atomic E-state index is 9.41. The molecule has 1 saturated heterocycles. The van der Waals surface area contributed by atoms with Crippen LogP contribution >= 0.6 is 0 Å². The van der Waals surface area contributed by atoms with Crippen LogP contribution in [0.5, 0.6) is 11.5 Å². The highest BCUT2D eigenvalue weighted by atomic mass is 16.7. The van der Waals surface area contributed by atoms with Crippen LogP contribution in [-0.2, 0) is 9.47 Å². The van der Waals surface area contributed by atoms with Crippen LogP contribution in [0.15, 0.2) is 18.2 Å². The monoisotopic (exact) mass is 343 g/mol. The number of anilines is 2. The summed E-state index contributed by atoms with van der Waals surface area (Å²) < 4.78 is 22.0. The molecule has 0 atom stereocenters. The van der Waals surface area contributed by atoms with Crippen molar-refractivity contribution in [3.8, 4) is 28.8 Å². The van der Waals surface area contributed by atoms with Gasteiger partial charge in [0.05, 0.1) is 26.0 Å². The van der Waals surface area contributed by atoms with Gasteiger partial charge in [0.25, 0.3) is 0 Å². The van der Waals surface area contributed by atoms with Gasteiger partial charge in [-0.1, -0.05) is 6.07 Å². The molecule has 1 aromatic heterocycles. The Morgan fingerprint density at radius 1 is 1.28 bits per heavy atom. The van der Waals surface area contributed by atoms with E-state index in [2.05, 4.69) is 9.97 Å². The zero-order valence-electron chi connectivity index (χ0n) is 13.6. The molecule has 1 fully saturated rings. The van der Waals surface area contributed by atoms with E-state index in [0.717, 1.165) is 0 Å². The first-order valence-electron chi connectivity index (χ1n) is 7.50. The Hall–Kier alpha value is -3.09. The molecule has 1 aliphatic rings. The van der Waals surface area contributed by atoms with Crippen LogP contribution in [0.3, 0.4) is 0 Å². The van der Waals surface area contributed by atoms with Gasteiger partial charge < -0.3 is 30.4 Å². The van der Waals surface area contributed by atoms with Gasteiger partial charge in [0.15, 0.2) is 17.8 Å². The summed E-state index contributed by atoms with van der Waals surface area (Å²) in [5.74, 6) is 0.817. The predicted octanol–water partition coefficient (Wildman–Crippen LogP) is 0.940. The number of aromatic nitrogens is 2. The van der Waals surface area contributed by atoms with Crippen LogP contribution in [-0.4, -0.2) is 43.2 Å². The van der Waals surface area contributed by atoms with Gasteiger partial charge in [-0.25, -0.2) is 4.98 Å². The second-order valence-corrected chi connectivity index (χ2v) is 5.12. The van der Waals surface area contributed by atoms with Crippen LogP contribution in [0.25, 0.3) is 11.3 Å². The van der Waals surface area contributed by atoms with Crippen molar-refractivity contribution in [2.75, 3.05) is 38.4 Å². The van der Waals surface area contributed by atoms with E-state index in [1.807, 2.05) is 6.07 Å². The van der Waals surface area contributed by atoms with Gasteiger partial charge in [0.1, 0.15) is 24.1 Å². The van der Waals surface area contributed by atoms with Crippen molar-refractivity contribution in [1.82, 2.24) is 9.97 Å². The van der Waals surface area contributed by atoms with Crippen LogP contribution in [0, 0.1) is 11.3 Å². The zero-order valence-corrected chi connectivity index (χ0v) is 13.6. The first-order chi connectivity index (χ1) is 12.1. The molecule has 3 rings (SSSR count). The number of hydrogen-bond acceptors (Lipinski definition) is 9. The van der Waals surface area contributed by atoms with E-state index in [9.17, 15) is 5.26 Å². The highest BCUT2D eigenvalue weighted by Gasteiger charge is 2.22. The molecule has 9 heteroatoms. The Bertz CT molecular complexity index is 815. The second-order valence-electron chi connectivity index (χ2n) is 5.12. The highest BCUT2D eigenvalue weighted by molar-refractivity contribution is 5.79. The molecule has 130 valence electrons. The second kappa shape index (κ2) is 7.21. The fourth-order valence-electron chi connectivity index (χ4n) is 2.47. The number of methoxy groups -OCH3 is 1. The zero-order chi connectivity index (χ0) is 17.8. The average molecular weight is 343 g/mol. The van der Waals surface area contributed by atoms with Crippen LogP contribution in [0.4, 0.5) is 11.8 Å². The summed E-state index contributed by atoms with van der Waals surface area (Å²) in [6, 6.07) is 7.21. The van der Waals surface area contributed by atoms with Crippen molar-refractivity contribution >= 4 is 11.8 Å². The number of nitriles is 1. The number of nitrogens with two attached hydrogens (primary N) is 2. The Labute approximate surface area is 144 Å². The molecule has 0 bridgehead atoms. The van der Waals surface area contributed by atoms with Gasteiger partial charge in [-0.15, -0.1) is 0 Å². The van der Waals surface area contributed by atoms with Gasteiger partial charge >= 0.3 is 0 Å². The molecule has 0 spiro atoms. The highest BCUT2D eigenvalue weighted by Crippen LogP contribution is 2.39. The first kappa shape index (κ1) is 16.8. The number of nitrogen functional groups attached to an aromatic ring is 2. The molecule has 2 aromatic rings. The normalized spacial score (nSPS) is 14.2. The minimum atomic E-state index is -0.464. The third-order valence-electron chi connectivity index (χ3n) is 3.57. The summed E-state index contributed by atoms with van der Waals surface area (Å²) in [7, 11) is 1.52. The SMILES string of the molecule is COc1cccc(-c2nc(N)nc(N)c2C#N)c1OCC1OCCO1. The van der Waals surface area contributed by atoms with Crippen molar-refractivity contribution < 1.29 is 18.9 Å². The number of nitrogens with zero attached hydrogens (tertiary/aromatic N) is 3. The maximum Gasteiger partial charge on any atom is 0.222 e. The van der Waals surface area contributed by atoms with Gasteiger partial charge in [-0.05, 0) is 12.1 Å². The van der Waals surface area contributed by atoms with Crippen molar-refractivity contribution in [1.29, 1.82) is 5.26 Å². The molecule has 0 amide bonds. The number of benzene rings is 1. The molecule has 9 nitrogen and oxygen atoms in total. The van der Waals surface area contributed by atoms with Gasteiger partial charge in [0.2, 0.25) is 5.95 Å². The average Bonchev–Trinajstić information content (AvgIpc) is 3.12. The van der Waals surface area contributed by atoms with E-state index in [1.165, 1.54) is 7.11 Å². The van der Waals surface area contributed by atoms with Crippen LogP contribution < -0.4 is 20.9 Å². The minimum Gasteiger partial charge on any atom is -0.493 e. The van der Waals surface area contributed by atoms with E-state index in [-0.39, 0.29) is 29.6 Å². The van der Waals surface area contributed by atoms with Gasteiger partial charge in [0, 0.05) is 5.56 Å². The van der Waals surface area contributed by atoms with E-state index in [1.54, 1.807) is 18.2 Å². The Morgan fingerprint density at radius 3 is 2.72 bits per heavy atom. The largest absolute Gasteiger partial charge is 0.493 e. The summed E-state index contributed by atoms with van der Waals surface area (Å²) in [4.78, 5) is 7.98. The maximum atomic E-state index is 9.41. The quantitative estimate of drug-likeness (QED) is 0.811. The minimum absolute atomic E-state index is 0.00114. The van der Waals surface area contributed by atoms with E-state index in [4.69, 9.17) is 30.4 Å². The molecule has 0 unspecified atom stereocenters. The van der Waals surface area contributed by atoms with Crippen molar-refractivity contribution in [3.05, 3.63) is 23.8 Å². The summed E-state index contributed by atoms with van der Waals surface area (Å²) >= 11 is 0. The molecular weight excluding hydrogens is 326 g/mol. The number of hydrogen-bond donors (Lipinski definition) is 2. The Balaban J connectivity index is 2.05. The smallest absolute Gasteiger partial charge is 0.222 e. The lowest BCUT2D eigenvalue weighted by Gasteiger charge is -2.17. The lowest BCUT2D eigenvalue weighted by atomic mass is 10.1. The molecule has 0 saturated carbocycles. The third-order valence-corrected chi connectivity index (χ3v) is 3.57. The van der Waals surface area contributed by atoms with E-state index >= 15 is 0 Å². The van der Waals surface area contributed by atoms with E-state index < -0.39 is 6.29 Å². The molecular formula is C16H17N5O4. The molecule has 0 radical (unpaired) electrons. The first-order valence-corrected chi connectivity index (χ1v) is 7.50. The molecule has 4 N–H and O–H groups in total. The lowest BCUT2D eigenvalue weighted by Crippen LogP contribution is -2.19. The fraction of sp³-hybridized carbons (Fsp3) is 0.312. The summed E-state index contributed by atoms with van der Waals surface area (Å²) in [6.07, 6.45) is -0.464. The number of ether oxygens (including phenoxy) is 4. The summed E-state index contributed by atoms with van der Waals surface area (Å²) in [5, 5.41) is 9.41. The molecule has 25 heavy (non-hydrogen) atoms. The fourth-order valence-corrected chi connectivity index (χ4v) is 2.47. The molecule has 1 aromatic carbocycles. The van der Waals surface area contributed by atoms with Crippen LogP contribution in [0.2, 0.25) is 0 Å². The topological polar surface area (TPSA) is 139 Å². The van der Waals surface area contributed by atoms with Crippen LogP contribution in [0.1, 0.15) is 5.56 Å². The lowest BCUT2D eigenvalue weighted by molar-refractivity contribution is -0.0686. The van der Waals surface area contributed by atoms with E-state index in [0.29, 0.717) is 30.3 Å². The standard InChI is InChI=1S/C16H17N5O4/c1-22-11-4-2-3-9(14(11)25-8-12-23-5-6-24-12)13-10(7-17)15(18)21-16(19)20-13/h2-4,12H,5-6,8H2,1H3,(H4,18,19,20,21). The predicted molar refractivity (Wildman–Crippen MR) is 88.7 cm³/mol. The van der Waals surface area contributed by atoms with Crippen molar-refractivity contribution in [3.63, 3.8) is 0 Å². The summed E-state index contributed by atoms with van der Waals surface area (Å²) in [6.45, 7) is 1.19. The van der Waals surface area contributed by atoms with Gasteiger partial charge in [-0.3, -0.25) is 0 Å². The Kier molecular flexibility index (Phi) is 4.83. The summed E-state index contributed by atoms with van der Waals surface area (Å²) in [5.41, 5.74) is 12.4. The molecule has 2 heterocycles. The third kappa shape index (κ3) is 3.40. The van der Waals surface area contributed by atoms with Gasteiger partial charge in [-0.2, -0.15) is 10.2 Å². The molecule has 1 aliphatic heterocycles.